The van der Waals surface area contributed by atoms with Crippen molar-refractivity contribution in [3.05, 3.63) is 16.6 Å². The minimum absolute atomic E-state index is 0.822. The molecule has 18 heavy (non-hydrogen) atoms. The zero-order valence-electron chi connectivity index (χ0n) is 10.3. The Morgan fingerprint density at radius 2 is 2.11 bits per heavy atom. The van der Waals surface area contributed by atoms with E-state index in [0.29, 0.717) is 0 Å². The average molecular weight is 301 g/mol. The van der Waals surface area contributed by atoms with E-state index in [2.05, 4.69) is 29.8 Å². The summed E-state index contributed by atoms with van der Waals surface area (Å²) in [6.45, 7) is 2.92. The second-order valence-corrected chi connectivity index (χ2v) is 6.15. The third-order valence-corrected chi connectivity index (χ3v) is 4.78. The molecule has 0 saturated heterocycles. The van der Waals surface area contributed by atoms with Crippen LogP contribution in [0.2, 0.25) is 0 Å². The molecule has 0 saturated carbocycles. The lowest BCUT2D eigenvalue weighted by Gasteiger charge is -2.03. The molecule has 0 bridgehead atoms. The Bertz CT molecular complexity index is 481. The van der Waals surface area contributed by atoms with Crippen molar-refractivity contribution in [3.8, 4) is 0 Å². The fourth-order valence-electron chi connectivity index (χ4n) is 1.37. The highest BCUT2D eigenvalue weighted by Crippen LogP contribution is 2.19. The van der Waals surface area contributed by atoms with Gasteiger partial charge in [-0.15, -0.1) is 0 Å². The number of thioether (sulfide) groups is 1. The molecule has 5 nitrogen and oxygen atoms in total. The van der Waals surface area contributed by atoms with Gasteiger partial charge in [0.15, 0.2) is 11.6 Å². The minimum Gasteiger partial charge on any atom is -0.369 e. The van der Waals surface area contributed by atoms with Crippen LogP contribution < -0.4 is 10.6 Å². The number of anilines is 2. The van der Waals surface area contributed by atoms with Crippen molar-refractivity contribution in [2.24, 2.45) is 0 Å². The van der Waals surface area contributed by atoms with Gasteiger partial charge >= 0.3 is 0 Å². The topological polar surface area (TPSA) is 62.7 Å². The van der Waals surface area contributed by atoms with E-state index in [-0.39, 0.29) is 0 Å². The van der Waals surface area contributed by atoms with Gasteiger partial charge in [0.1, 0.15) is 0 Å². The summed E-state index contributed by atoms with van der Waals surface area (Å²) in [5, 5.41) is 6.28. The van der Waals surface area contributed by atoms with Gasteiger partial charge < -0.3 is 10.6 Å². The predicted molar refractivity (Wildman–Crippen MR) is 81.0 cm³/mol. The Kier molecular flexibility index (Phi) is 5.21. The van der Waals surface area contributed by atoms with Gasteiger partial charge in [0.25, 0.3) is 0 Å². The van der Waals surface area contributed by atoms with E-state index >= 15 is 0 Å². The second kappa shape index (κ2) is 6.91. The van der Waals surface area contributed by atoms with Crippen LogP contribution in [0, 0.1) is 6.92 Å². The molecule has 0 aromatic carbocycles. The lowest BCUT2D eigenvalue weighted by atomic mass is 10.4. The SMILES string of the molecule is CNc1nsnc1NCCSCc1cc(C)ns1. The fourth-order valence-corrected chi connectivity index (χ4v) is 3.57. The molecule has 0 fully saturated rings. The number of nitrogens with one attached hydrogen (secondary N) is 2. The largest absolute Gasteiger partial charge is 0.369 e. The molecule has 0 atom stereocenters. The highest BCUT2D eigenvalue weighted by atomic mass is 32.2. The molecule has 2 heterocycles. The quantitative estimate of drug-likeness (QED) is 0.767. The third kappa shape index (κ3) is 3.82. The molecule has 0 spiro atoms. The van der Waals surface area contributed by atoms with Gasteiger partial charge in [0.2, 0.25) is 0 Å². The summed E-state index contributed by atoms with van der Waals surface area (Å²) in [5.41, 5.74) is 1.11. The van der Waals surface area contributed by atoms with E-state index in [1.807, 2.05) is 25.7 Å². The van der Waals surface area contributed by atoms with E-state index in [9.17, 15) is 0 Å². The average Bonchev–Trinajstić information content (AvgIpc) is 2.97. The monoisotopic (exact) mass is 301 g/mol. The van der Waals surface area contributed by atoms with Crippen LogP contribution in [0.3, 0.4) is 0 Å². The molecule has 2 rings (SSSR count). The Morgan fingerprint density at radius 3 is 2.83 bits per heavy atom. The highest BCUT2D eigenvalue weighted by molar-refractivity contribution is 7.98. The maximum atomic E-state index is 4.27. The number of aromatic nitrogens is 3. The maximum Gasteiger partial charge on any atom is 0.184 e. The molecule has 2 aromatic rings. The van der Waals surface area contributed by atoms with E-state index in [4.69, 9.17) is 0 Å². The zero-order valence-corrected chi connectivity index (χ0v) is 12.7. The van der Waals surface area contributed by atoms with Crippen molar-refractivity contribution >= 4 is 46.7 Å². The van der Waals surface area contributed by atoms with Crippen LogP contribution in [0.4, 0.5) is 11.6 Å². The van der Waals surface area contributed by atoms with Crippen molar-refractivity contribution in [3.63, 3.8) is 0 Å². The lowest BCUT2D eigenvalue weighted by molar-refractivity contribution is 1.20. The van der Waals surface area contributed by atoms with Crippen molar-refractivity contribution in [2.45, 2.75) is 12.7 Å². The summed E-state index contributed by atoms with van der Waals surface area (Å²) in [4.78, 5) is 1.34. The van der Waals surface area contributed by atoms with Crippen molar-refractivity contribution < 1.29 is 0 Å². The minimum atomic E-state index is 0.822. The van der Waals surface area contributed by atoms with Crippen molar-refractivity contribution in [1.82, 2.24) is 13.1 Å². The molecule has 98 valence electrons. The molecule has 2 N–H and O–H groups in total. The van der Waals surface area contributed by atoms with Gasteiger partial charge in [-0.05, 0) is 24.5 Å². The van der Waals surface area contributed by atoms with Crippen molar-refractivity contribution in [1.29, 1.82) is 0 Å². The Balaban J connectivity index is 1.64. The maximum absolute atomic E-state index is 4.27. The van der Waals surface area contributed by atoms with Gasteiger partial charge in [-0.3, -0.25) is 0 Å². The Morgan fingerprint density at radius 1 is 1.28 bits per heavy atom. The van der Waals surface area contributed by atoms with E-state index in [1.165, 1.54) is 16.6 Å². The van der Waals surface area contributed by atoms with Crippen LogP contribution >= 0.6 is 35.0 Å². The first-order chi connectivity index (χ1) is 8.79. The number of aryl methyl sites for hydroxylation is 1. The number of hydrogen-bond acceptors (Lipinski definition) is 8. The normalized spacial score (nSPS) is 10.6. The predicted octanol–water partition coefficient (Wildman–Crippen LogP) is 2.69. The van der Waals surface area contributed by atoms with Crippen LogP contribution in [0.1, 0.15) is 10.6 Å². The zero-order chi connectivity index (χ0) is 12.8. The highest BCUT2D eigenvalue weighted by Gasteiger charge is 2.04. The summed E-state index contributed by atoms with van der Waals surface area (Å²) in [6.07, 6.45) is 0. The van der Waals surface area contributed by atoms with Crippen LogP contribution in [0.5, 0.6) is 0 Å². The molecule has 0 radical (unpaired) electrons. The first-order valence-electron chi connectivity index (χ1n) is 5.53. The summed E-state index contributed by atoms with van der Waals surface area (Å²) in [5.74, 6) is 3.73. The van der Waals surface area contributed by atoms with E-state index in [0.717, 1.165) is 35.4 Å². The number of rotatable bonds is 7. The van der Waals surface area contributed by atoms with Gasteiger partial charge in [-0.25, -0.2) is 0 Å². The summed E-state index contributed by atoms with van der Waals surface area (Å²) in [6, 6.07) is 2.15. The summed E-state index contributed by atoms with van der Waals surface area (Å²) in [7, 11) is 1.85. The molecule has 2 aromatic heterocycles. The Labute approximate surface area is 119 Å². The Hall–Kier alpha value is -0.860. The van der Waals surface area contributed by atoms with Crippen LogP contribution in [-0.2, 0) is 5.75 Å². The molecular formula is C10H15N5S3. The summed E-state index contributed by atoms with van der Waals surface area (Å²) < 4.78 is 12.6. The standard InChI is InChI=1S/C10H15N5S3/c1-7-5-8(17-13-7)6-16-4-3-12-10-9(11-2)14-18-15-10/h5H,3-4,6H2,1-2H3,(H,11,14)(H,12,15). The van der Waals surface area contributed by atoms with Crippen LogP contribution in [0.25, 0.3) is 0 Å². The molecule has 0 amide bonds. The molecule has 0 unspecified atom stereocenters. The van der Waals surface area contributed by atoms with Gasteiger partial charge in [0.05, 0.1) is 17.4 Å². The summed E-state index contributed by atoms with van der Waals surface area (Å²) >= 11 is 4.70. The molecule has 8 heteroatoms. The smallest absolute Gasteiger partial charge is 0.184 e. The van der Waals surface area contributed by atoms with Gasteiger partial charge in [0, 0.05) is 30.0 Å². The fraction of sp³-hybridized carbons (Fsp3) is 0.500. The van der Waals surface area contributed by atoms with Crippen LogP contribution in [-0.4, -0.2) is 32.5 Å². The lowest BCUT2D eigenvalue weighted by Crippen LogP contribution is -2.06. The first-order valence-corrected chi connectivity index (χ1v) is 8.19. The number of nitrogens with zero attached hydrogens (tertiary/aromatic N) is 3. The van der Waals surface area contributed by atoms with E-state index < -0.39 is 0 Å². The van der Waals surface area contributed by atoms with Crippen LogP contribution in [0.15, 0.2) is 6.07 Å². The first kappa shape index (κ1) is 13.6. The van der Waals surface area contributed by atoms with Gasteiger partial charge in [-0.2, -0.15) is 24.9 Å². The van der Waals surface area contributed by atoms with E-state index in [1.54, 1.807) is 11.5 Å². The van der Waals surface area contributed by atoms with Gasteiger partial charge in [-0.1, -0.05) is 0 Å². The molecular weight excluding hydrogens is 286 g/mol. The third-order valence-electron chi connectivity index (χ3n) is 2.19. The molecule has 0 aliphatic rings. The number of hydrogen-bond donors (Lipinski definition) is 2. The van der Waals surface area contributed by atoms with Crippen molar-refractivity contribution in [2.75, 3.05) is 30.0 Å². The molecule has 0 aliphatic heterocycles. The second-order valence-electron chi connectivity index (χ2n) is 3.63. The molecule has 0 aliphatic carbocycles.